The standard InChI is InChI=1S/C18H18N6O3/c25-16(8-9-17-20-18(23-27-17)13-5-4-12-26-13)19-10-3-7-15-22-21-14-6-1-2-11-24(14)15/h1-2,4-6,11-12H,3,7-10H2,(H,19,25). The molecule has 0 aromatic carbocycles. The molecule has 0 aliphatic rings. The number of rotatable bonds is 8. The van der Waals surface area contributed by atoms with Gasteiger partial charge >= 0.3 is 0 Å². The molecule has 27 heavy (non-hydrogen) atoms. The highest BCUT2D eigenvalue weighted by Crippen LogP contribution is 2.16. The Bertz CT molecular complexity index is 1020. The van der Waals surface area contributed by atoms with E-state index in [1.165, 1.54) is 0 Å². The zero-order chi connectivity index (χ0) is 18.5. The molecule has 0 saturated carbocycles. The lowest BCUT2D eigenvalue weighted by Crippen LogP contribution is -2.25. The molecule has 9 heteroatoms. The van der Waals surface area contributed by atoms with Gasteiger partial charge in [-0.15, -0.1) is 10.2 Å². The Morgan fingerprint density at radius 2 is 2.11 bits per heavy atom. The first-order valence-corrected chi connectivity index (χ1v) is 8.71. The van der Waals surface area contributed by atoms with E-state index in [1.54, 1.807) is 18.4 Å². The molecule has 4 aromatic heterocycles. The summed E-state index contributed by atoms with van der Waals surface area (Å²) in [5.41, 5.74) is 0.824. The van der Waals surface area contributed by atoms with E-state index in [9.17, 15) is 4.79 Å². The van der Waals surface area contributed by atoms with Crippen LogP contribution in [-0.2, 0) is 17.6 Å². The van der Waals surface area contributed by atoms with Gasteiger partial charge in [0.05, 0.1) is 6.26 Å². The van der Waals surface area contributed by atoms with Crippen LogP contribution in [0.5, 0.6) is 0 Å². The van der Waals surface area contributed by atoms with E-state index >= 15 is 0 Å². The molecule has 0 radical (unpaired) electrons. The van der Waals surface area contributed by atoms with Crippen molar-refractivity contribution < 1.29 is 13.7 Å². The number of carbonyl (C=O) groups excluding carboxylic acids is 1. The topological polar surface area (TPSA) is 111 Å². The van der Waals surface area contributed by atoms with Crippen molar-refractivity contribution in [3.8, 4) is 11.6 Å². The van der Waals surface area contributed by atoms with Gasteiger partial charge in [-0.2, -0.15) is 4.98 Å². The maximum Gasteiger partial charge on any atom is 0.238 e. The number of carbonyl (C=O) groups is 1. The summed E-state index contributed by atoms with van der Waals surface area (Å²) in [5.74, 6) is 2.16. The summed E-state index contributed by atoms with van der Waals surface area (Å²) in [6, 6.07) is 9.28. The van der Waals surface area contributed by atoms with Crippen LogP contribution >= 0.6 is 0 Å². The van der Waals surface area contributed by atoms with E-state index in [4.69, 9.17) is 8.94 Å². The normalized spacial score (nSPS) is 11.1. The van der Waals surface area contributed by atoms with E-state index in [0.29, 0.717) is 30.4 Å². The summed E-state index contributed by atoms with van der Waals surface area (Å²) in [6.07, 6.45) is 5.67. The monoisotopic (exact) mass is 366 g/mol. The average Bonchev–Trinajstić information content (AvgIpc) is 3.44. The van der Waals surface area contributed by atoms with E-state index < -0.39 is 0 Å². The fourth-order valence-corrected chi connectivity index (χ4v) is 2.71. The average molecular weight is 366 g/mol. The first kappa shape index (κ1) is 17.0. The van der Waals surface area contributed by atoms with E-state index in [2.05, 4.69) is 25.7 Å². The fraction of sp³-hybridized carbons (Fsp3) is 0.278. The zero-order valence-corrected chi connectivity index (χ0v) is 14.5. The number of amides is 1. The third-order valence-corrected chi connectivity index (χ3v) is 4.06. The SMILES string of the molecule is O=C(CCc1nc(-c2ccco2)no1)NCCCc1nnc2ccccn12. The number of aryl methyl sites for hydroxylation is 2. The molecule has 0 saturated heterocycles. The van der Waals surface area contributed by atoms with Crippen molar-refractivity contribution in [3.63, 3.8) is 0 Å². The molecule has 1 amide bonds. The minimum Gasteiger partial charge on any atom is -0.461 e. The molecule has 0 aliphatic heterocycles. The summed E-state index contributed by atoms with van der Waals surface area (Å²) >= 11 is 0. The number of pyridine rings is 1. The number of nitrogens with zero attached hydrogens (tertiary/aromatic N) is 5. The van der Waals surface area contributed by atoms with Crippen molar-refractivity contribution in [1.29, 1.82) is 0 Å². The predicted octanol–water partition coefficient (Wildman–Crippen LogP) is 2.05. The van der Waals surface area contributed by atoms with Crippen molar-refractivity contribution in [2.75, 3.05) is 6.54 Å². The highest BCUT2D eigenvalue weighted by Gasteiger charge is 2.12. The van der Waals surface area contributed by atoms with E-state index in [-0.39, 0.29) is 12.3 Å². The Balaban J connectivity index is 1.19. The summed E-state index contributed by atoms with van der Waals surface area (Å²) in [6.45, 7) is 0.571. The van der Waals surface area contributed by atoms with Gasteiger partial charge in [-0.05, 0) is 30.7 Å². The lowest BCUT2D eigenvalue weighted by Gasteiger charge is -2.03. The highest BCUT2D eigenvalue weighted by molar-refractivity contribution is 5.75. The lowest BCUT2D eigenvalue weighted by molar-refractivity contribution is -0.121. The molecule has 4 aromatic rings. The van der Waals surface area contributed by atoms with Crippen LogP contribution in [-0.4, -0.2) is 37.2 Å². The Kier molecular flexibility index (Phi) is 4.91. The minimum absolute atomic E-state index is 0.0566. The van der Waals surface area contributed by atoms with Crippen LogP contribution in [0.15, 0.2) is 51.7 Å². The molecule has 0 bridgehead atoms. The van der Waals surface area contributed by atoms with E-state index in [1.807, 2.05) is 28.8 Å². The van der Waals surface area contributed by atoms with Gasteiger partial charge in [0, 0.05) is 32.0 Å². The van der Waals surface area contributed by atoms with E-state index in [0.717, 1.165) is 24.3 Å². The first-order chi connectivity index (χ1) is 13.3. The largest absolute Gasteiger partial charge is 0.461 e. The number of fused-ring (bicyclic) bond motifs is 1. The Morgan fingerprint density at radius 1 is 1.15 bits per heavy atom. The summed E-state index contributed by atoms with van der Waals surface area (Å²) in [4.78, 5) is 16.2. The molecule has 1 N–H and O–H groups in total. The molecule has 0 unspecified atom stereocenters. The number of furan rings is 1. The van der Waals surface area contributed by atoms with Crippen LogP contribution in [0.3, 0.4) is 0 Å². The Hall–Kier alpha value is -3.49. The smallest absolute Gasteiger partial charge is 0.238 e. The third kappa shape index (κ3) is 4.02. The van der Waals surface area contributed by atoms with Crippen molar-refractivity contribution in [1.82, 2.24) is 30.1 Å². The Labute approximate surface area is 154 Å². The van der Waals surface area contributed by atoms with Crippen molar-refractivity contribution in [2.24, 2.45) is 0 Å². The highest BCUT2D eigenvalue weighted by atomic mass is 16.5. The van der Waals surface area contributed by atoms with Crippen LogP contribution in [0.1, 0.15) is 24.6 Å². The number of hydrogen-bond donors (Lipinski definition) is 1. The molecule has 0 fully saturated rings. The number of nitrogens with one attached hydrogen (secondary N) is 1. The second kappa shape index (κ2) is 7.81. The molecule has 0 aliphatic carbocycles. The predicted molar refractivity (Wildman–Crippen MR) is 94.6 cm³/mol. The zero-order valence-electron chi connectivity index (χ0n) is 14.5. The fourth-order valence-electron chi connectivity index (χ4n) is 2.71. The van der Waals surface area contributed by atoms with Crippen LogP contribution in [0, 0.1) is 0 Å². The van der Waals surface area contributed by atoms with Gasteiger partial charge in [-0.1, -0.05) is 11.2 Å². The Morgan fingerprint density at radius 3 is 3.00 bits per heavy atom. The van der Waals surface area contributed by atoms with Crippen molar-refractivity contribution in [2.45, 2.75) is 25.7 Å². The van der Waals surface area contributed by atoms with Gasteiger partial charge in [-0.25, -0.2) is 0 Å². The van der Waals surface area contributed by atoms with Gasteiger partial charge < -0.3 is 14.3 Å². The third-order valence-electron chi connectivity index (χ3n) is 4.06. The summed E-state index contributed by atoms with van der Waals surface area (Å²) in [7, 11) is 0. The molecular formula is C18H18N6O3. The van der Waals surface area contributed by atoms with Gasteiger partial charge in [0.15, 0.2) is 11.4 Å². The maximum absolute atomic E-state index is 12.0. The number of aromatic nitrogens is 5. The van der Waals surface area contributed by atoms with Crippen molar-refractivity contribution in [3.05, 3.63) is 54.5 Å². The van der Waals surface area contributed by atoms with Crippen molar-refractivity contribution >= 4 is 11.6 Å². The molecular weight excluding hydrogens is 348 g/mol. The number of hydrogen-bond acceptors (Lipinski definition) is 7. The molecule has 4 heterocycles. The molecule has 0 spiro atoms. The second-order valence-corrected chi connectivity index (χ2v) is 5.99. The minimum atomic E-state index is -0.0566. The van der Waals surface area contributed by atoms with Gasteiger partial charge in [0.2, 0.25) is 17.6 Å². The summed E-state index contributed by atoms with van der Waals surface area (Å²) < 4.78 is 12.3. The summed E-state index contributed by atoms with van der Waals surface area (Å²) in [5, 5.41) is 15.0. The van der Waals surface area contributed by atoms with Gasteiger partial charge in [-0.3, -0.25) is 9.20 Å². The maximum atomic E-state index is 12.0. The van der Waals surface area contributed by atoms with Crippen LogP contribution < -0.4 is 5.32 Å². The van der Waals surface area contributed by atoms with Crippen LogP contribution in [0.2, 0.25) is 0 Å². The molecule has 4 rings (SSSR count). The molecule has 9 nitrogen and oxygen atoms in total. The van der Waals surface area contributed by atoms with Crippen LogP contribution in [0.4, 0.5) is 0 Å². The first-order valence-electron chi connectivity index (χ1n) is 8.71. The molecule has 0 atom stereocenters. The van der Waals surface area contributed by atoms with Gasteiger partial charge in [0.25, 0.3) is 0 Å². The van der Waals surface area contributed by atoms with Gasteiger partial charge in [0.1, 0.15) is 5.82 Å². The quantitative estimate of drug-likeness (QED) is 0.475. The second-order valence-electron chi connectivity index (χ2n) is 5.99. The van der Waals surface area contributed by atoms with Crippen LogP contribution in [0.25, 0.3) is 17.2 Å². The lowest BCUT2D eigenvalue weighted by atomic mass is 10.2. The molecule has 138 valence electrons.